The van der Waals surface area contributed by atoms with Crippen LogP contribution in [0.15, 0.2) is 34.9 Å². The summed E-state index contributed by atoms with van der Waals surface area (Å²) in [6.45, 7) is 1.88. The molecule has 0 bridgehead atoms. The average molecular weight is 307 g/mol. The van der Waals surface area contributed by atoms with Gasteiger partial charge in [-0.15, -0.1) is 5.10 Å². The van der Waals surface area contributed by atoms with Crippen molar-refractivity contribution in [1.29, 1.82) is 0 Å². The first-order chi connectivity index (χ1) is 11.1. The normalized spacial score (nSPS) is 11.2. The summed E-state index contributed by atoms with van der Waals surface area (Å²) in [6.07, 6.45) is 1.85. The summed E-state index contributed by atoms with van der Waals surface area (Å²) >= 11 is 0. The SMILES string of the molecule is Cc1cc(N)nc(-c2c[nH]c3ccc(-c4nnc(N)o4)cc23)n1. The molecule has 0 spiro atoms. The number of nitrogens with one attached hydrogen (secondary N) is 1. The molecule has 23 heavy (non-hydrogen) atoms. The Kier molecular flexibility index (Phi) is 2.77. The number of rotatable bonds is 2. The molecule has 0 radical (unpaired) electrons. The van der Waals surface area contributed by atoms with E-state index in [0.29, 0.717) is 17.5 Å². The molecule has 0 aliphatic rings. The monoisotopic (exact) mass is 307 g/mol. The largest absolute Gasteiger partial charge is 0.404 e. The Morgan fingerprint density at radius 2 is 1.96 bits per heavy atom. The van der Waals surface area contributed by atoms with Crippen LogP contribution < -0.4 is 11.5 Å². The van der Waals surface area contributed by atoms with E-state index in [0.717, 1.165) is 27.7 Å². The van der Waals surface area contributed by atoms with E-state index in [1.807, 2.05) is 31.3 Å². The maximum atomic E-state index is 5.82. The fourth-order valence-corrected chi connectivity index (χ4v) is 2.50. The minimum atomic E-state index is 0.0316. The number of hydrogen-bond acceptors (Lipinski definition) is 7. The van der Waals surface area contributed by atoms with Crippen molar-refractivity contribution >= 4 is 22.7 Å². The smallest absolute Gasteiger partial charge is 0.313 e. The van der Waals surface area contributed by atoms with E-state index in [2.05, 4.69) is 25.1 Å². The summed E-state index contributed by atoms with van der Waals surface area (Å²) in [5, 5.41) is 8.52. The number of aromatic amines is 1. The molecule has 3 aromatic heterocycles. The van der Waals surface area contributed by atoms with E-state index in [4.69, 9.17) is 15.9 Å². The second-order valence-corrected chi connectivity index (χ2v) is 5.17. The van der Waals surface area contributed by atoms with Crippen molar-refractivity contribution in [3.8, 4) is 22.8 Å². The molecule has 3 heterocycles. The van der Waals surface area contributed by atoms with Gasteiger partial charge in [-0.3, -0.25) is 0 Å². The van der Waals surface area contributed by atoms with E-state index in [1.54, 1.807) is 6.07 Å². The molecule has 8 heteroatoms. The van der Waals surface area contributed by atoms with Crippen LogP contribution in [0.25, 0.3) is 33.7 Å². The van der Waals surface area contributed by atoms with Crippen molar-refractivity contribution in [1.82, 2.24) is 25.1 Å². The van der Waals surface area contributed by atoms with Gasteiger partial charge in [0.1, 0.15) is 5.82 Å². The van der Waals surface area contributed by atoms with Gasteiger partial charge in [-0.05, 0) is 25.1 Å². The van der Waals surface area contributed by atoms with Gasteiger partial charge in [0.25, 0.3) is 0 Å². The van der Waals surface area contributed by atoms with Crippen LogP contribution in [0.4, 0.5) is 11.8 Å². The van der Waals surface area contributed by atoms with Gasteiger partial charge in [-0.2, -0.15) is 0 Å². The van der Waals surface area contributed by atoms with Crippen LogP contribution in [-0.4, -0.2) is 25.1 Å². The van der Waals surface area contributed by atoms with E-state index in [-0.39, 0.29) is 6.01 Å². The predicted octanol–water partition coefficient (Wildman–Crippen LogP) is 2.15. The molecule has 0 aliphatic heterocycles. The molecule has 4 rings (SSSR count). The lowest BCUT2D eigenvalue weighted by molar-refractivity contribution is 0.590. The fourth-order valence-electron chi connectivity index (χ4n) is 2.50. The quantitative estimate of drug-likeness (QED) is 0.516. The van der Waals surface area contributed by atoms with Crippen molar-refractivity contribution in [3.63, 3.8) is 0 Å². The minimum absolute atomic E-state index is 0.0316. The van der Waals surface area contributed by atoms with E-state index < -0.39 is 0 Å². The van der Waals surface area contributed by atoms with Crippen LogP contribution >= 0.6 is 0 Å². The number of nitrogen functional groups attached to an aromatic ring is 2. The molecule has 0 atom stereocenters. The lowest BCUT2D eigenvalue weighted by Crippen LogP contribution is -1.97. The van der Waals surface area contributed by atoms with Crippen molar-refractivity contribution < 1.29 is 4.42 Å². The molecule has 0 fully saturated rings. The number of nitrogens with zero attached hydrogens (tertiary/aromatic N) is 4. The van der Waals surface area contributed by atoms with Gasteiger partial charge in [0, 0.05) is 40.0 Å². The maximum Gasteiger partial charge on any atom is 0.313 e. The molecule has 0 unspecified atom stereocenters. The summed E-state index contributed by atoms with van der Waals surface area (Å²) in [7, 11) is 0. The molecule has 4 aromatic rings. The van der Waals surface area contributed by atoms with Gasteiger partial charge >= 0.3 is 6.01 Å². The molecule has 0 amide bonds. The van der Waals surface area contributed by atoms with Gasteiger partial charge in [-0.25, -0.2) is 9.97 Å². The number of nitrogens with two attached hydrogens (primary N) is 2. The molecule has 114 valence electrons. The molecule has 0 aliphatic carbocycles. The Labute approximate surface area is 130 Å². The molecular formula is C15H13N7O. The van der Waals surface area contributed by atoms with Crippen LogP contribution in [0.3, 0.4) is 0 Å². The third-order valence-electron chi connectivity index (χ3n) is 3.48. The van der Waals surface area contributed by atoms with Gasteiger partial charge < -0.3 is 20.9 Å². The molecule has 0 saturated heterocycles. The summed E-state index contributed by atoms with van der Waals surface area (Å²) < 4.78 is 5.27. The van der Waals surface area contributed by atoms with Crippen LogP contribution in [0.1, 0.15) is 5.69 Å². The number of fused-ring (bicyclic) bond motifs is 1. The number of aryl methyl sites for hydroxylation is 1. The number of hydrogen-bond donors (Lipinski definition) is 3. The standard InChI is InChI=1S/C15H13N7O/c1-7-4-12(16)20-13(19-7)10-6-18-11-3-2-8(5-9(10)11)14-21-22-15(17)23-14/h2-6,18H,1H3,(H2,17,22)(H2,16,19,20). The first kappa shape index (κ1) is 13.3. The average Bonchev–Trinajstić information content (AvgIpc) is 3.11. The number of anilines is 2. The van der Waals surface area contributed by atoms with Crippen LogP contribution in [0, 0.1) is 6.92 Å². The van der Waals surface area contributed by atoms with Crippen molar-refractivity contribution in [3.05, 3.63) is 36.2 Å². The van der Waals surface area contributed by atoms with E-state index >= 15 is 0 Å². The zero-order valence-electron chi connectivity index (χ0n) is 12.2. The second-order valence-electron chi connectivity index (χ2n) is 5.17. The zero-order valence-corrected chi connectivity index (χ0v) is 12.2. The van der Waals surface area contributed by atoms with Crippen molar-refractivity contribution in [2.45, 2.75) is 6.92 Å². The van der Waals surface area contributed by atoms with Crippen molar-refractivity contribution in [2.75, 3.05) is 11.5 Å². The maximum absolute atomic E-state index is 5.82. The van der Waals surface area contributed by atoms with Gasteiger partial charge in [-0.1, -0.05) is 5.10 Å². The Morgan fingerprint density at radius 1 is 1.09 bits per heavy atom. The van der Waals surface area contributed by atoms with Crippen LogP contribution in [-0.2, 0) is 0 Å². The first-order valence-electron chi connectivity index (χ1n) is 6.92. The summed E-state index contributed by atoms with van der Waals surface area (Å²) in [6, 6.07) is 7.49. The Balaban J connectivity index is 1.90. The van der Waals surface area contributed by atoms with E-state index in [1.165, 1.54) is 0 Å². The highest BCUT2D eigenvalue weighted by Gasteiger charge is 2.13. The van der Waals surface area contributed by atoms with Crippen molar-refractivity contribution in [2.24, 2.45) is 0 Å². The third kappa shape index (κ3) is 2.26. The first-order valence-corrected chi connectivity index (χ1v) is 6.92. The Bertz CT molecular complexity index is 998. The zero-order chi connectivity index (χ0) is 16.0. The summed E-state index contributed by atoms with van der Waals surface area (Å²) in [4.78, 5) is 12.0. The molecule has 5 N–H and O–H groups in total. The Morgan fingerprint density at radius 3 is 2.70 bits per heavy atom. The fraction of sp³-hybridized carbons (Fsp3) is 0.0667. The number of aromatic nitrogens is 5. The molecule has 0 saturated carbocycles. The second kappa shape index (κ2) is 4.80. The number of benzene rings is 1. The molecule has 8 nitrogen and oxygen atoms in total. The lowest BCUT2D eigenvalue weighted by atomic mass is 10.1. The highest BCUT2D eigenvalue weighted by molar-refractivity contribution is 5.96. The summed E-state index contributed by atoms with van der Waals surface area (Å²) in [5.41, 5.74) is 14.7. The highest BCUT2D eigenvalue weighted by atomic mass is 16.4. The highest BCUT2D eigenvalue weighted by Crippen LogP contribution is 2.30. The van der Waals surface area contributed by atoms with E-state index in [9.17, 15) is 0 Å². The molecular weight excluding hydrogens is 294 g/mol. The van der Waals surface area contributed by atoms with Gasteiger partial charge in [0.15, 0.2) is 5.82 Å². The topological polar surface area (TPSA) is 133 Å². The lowest BCUT2D eigenvalue weighted by Gasteiger charge is -2.02. The number of H-pyrrole nitrogens is 1. The van der Waals surface area contributed by atoms with Gasteiger partial charge in [0.05, 0.1) is 0 Å². The minimum Gasteiger partial charge on any atom is -0.404 e. The predicted molar refractivity (Wildman–Crippen MR) is 86.2 cm³/mol. The summed E-state index contributed by atoms with van der Waals surface area (Å²) in [5.74, 6) is 1.36. The van der Waals surface area contributed by atoms with Crippen LogP contribution in [0.5, 0.6) is 0 Å². The Hall–Kier alpha value is -3.42. The van der Waals surface area contributed by atoms with Crippen LogP contribution in [0.2, 0.25) is 0 Å². The molecule has 1 aromatic carbocycles. The van der Waals surface area contributed by atoms with Gasteiger partial charge in [0.2, 0.25) is 5.89 Å². The third-order valence-corrected chi connectivity index (χ3v) is 3.48.